The van der Waals surface area contributed by atoms with Crippen molar-refractivity contribution in [3.63, 3.8) is 0 Å². The number of rotatable bonds is 8. The van der Waals surface area contributed by atoms with Gasteiger partial charge in [-0.15, -0.1) is 34.2 Å². The second kappa shape index (κ2) is 11.8. The number of halogens is 1. The average molecular weight is 456 g/mol. The third-order valence-corrected chi connectivity index (χ3v) is 4.01. The Morgan fingerprint density at radius 1 is 1.20 bits per heavy atom. The largest absolute Gasteiger partial charge is 0.356 e. The highest BCUT2D eigenvalue weighted by atomic mass is 127. The number of hydrogen-bond acceptors (Lipinski definition) is 3. The highest BCUT2D eigenvalue weighted by molar-refractivity contribution is 14.0. The Morgan fingerprint density at radius 3 is 2.64 bits per heavy atom. The maximum atomic E-state index is 4.29. The van der Waals surface area contributed by atoms with Crippen LogP contribution in [0, 0.1) is 6.92 Å². The van der Waals surface area contributed by atoms with E-state index in [-0.39, 0.29) is 24.0 Å². The third kappa shape index (κ3) is 7.85. The molecule has 138 valence electrons. The molecule has 0 fully saturated rings. The lowest BCUT2D eigenvalue weighted by atomic mass is 9.99. The summed E-state index contributed by atoms with van der Waals surface area (Å²) in [5.41, 5.74) is 2.65. The van der Waals surface area contributed by atoms with Gasteiger partial charge in [-0.3, -0.25) is 4.99 Å². The molecule has 1 aromatic carbocycles. The van der Waals surface area contributed by atoms with Gasteiger partial charge in [0.15, 0.2) is 5.96 Å². The highest BCUT2D eigenvalue weighted by Crippen LogP contribution is 2.15. The molecule has 0 radical (unpaired) electrons. The van der Waals surface area contributed by atoms with Crippen molar-refractivity contribution in [1.29, 1.82) is 0 Å². The molecule has 0 amide bonds. The zero-order valence-corrected chi connectivity index (χ0v) is 17.6. The minimum absolute atomic E-state index is 0. The summed E-state index contributed by atoms with van der Waals surface area (Å²) < 4.78 is 2.00. The third-order valence-electron chi connectivity index (χ3n) is 4.01. The molecule has 1 aromatic heterocycles. The van der Waals surface area contributed by atoms with Gasteiger partial charge in [0.1, 0.15) is 12.7 Å². The molecule has 2 rings (SSSR count). The van der Waals surface area contributed by atoms with Crippen LogP contribution in [0.25, 0.3) is 0 Å². The number of nitrogens with one attached hydrogen (secondary N) is 2. The maximum absolute atomic E-state index is 4.29. The molecular formula is C18H29IN6. The van der Waals surface area contributed by atoms with Crippen LogP contribution in [0.15, 0.2) is 41.9 Å². The van der Waals surface area contributed by atoms with E-state index in [0.29, 0.717) is 5.92 Å². The van der Waals surface area contributed by atoms with Gasteiger partial charge in [0.25, 0.3) is 0 Å². The summed E-state index contributed by atoms with van der Waals surface area (Å²) >= 11 is 0. The van der Waals surface area contributed by atoms with E-state index in [2.05, 4.69) is 63.9 Å². The molecular weight excluding hydrogens is 427 g/mol. The van der Waals surface area contributed by atoms with Crippen molar-refractivity contribution in [2.24, 2.45) is 4.99 Å². The van der Waals surface area contributed by atoms with Crippen molar-refractivity contribution in [2.45, 2.75) is 39.2 Å². The van der Waals surface area contributed by atoms with Crippen LogP contribution in [-0.2, 0) is 6.54 Å². The van der Waals surface area contributed by atoms with E-state index in [0.717, 1.165) is 38.4 Å². The van der Waals surface area contributed by atoms with Crippen LogP contribution in [0.2, 0.25) is 0 Å². The predicted molar refractivity (Wildman–Crippen MR) is 114 cm³/mol. The van der Waals surface area contributed by atoms with Crippen LogP contribution >= 0.6 is 24.0 Å². The molecule has 1 unspecified atom stereocenters. The second-order valence-corrected chi connectivity index (χ2v) is 6.10. The fraction of sp³-hybridized carbons (Fsp3) is 0.500. The zero-order chi connectivity index (χ0) is 17.2. The number of nitrogens with zero attached hydrogens (tertiary/aromatic N) is 4. The lowest BCUT2D eigenvalue weighted by Gasteiger charge is -2.16. The SMILES string of the molecule is CN=C(NCCCCn1cnnc1)NCC(C)c1cccc(C)c1.I. The Kier molecular flexibility index (Phi) is 10.1. The Hall–Kier alpha value is -1.64. The molecule has 6 nitrogen and oxygen atoms in total. The summed E-state index contributed by atoms with van der Waals surface area (Å²) in [6.45, 7) is 7.08. The fourth-order valence-electron chi connectivity index (χ4n) is 2.53. The van der Waals surface area contributed by atoms with E-state index in [1.54, 1.807) is 12.7 Å². The van der Waals surface area contributed by atoms with Gasteiger partial charge >= 0.3 is 0 Å². The number of aryl methyl sites for hydroxylation is 2. The van der Waals surface area contributed by atoms with E-state index in [1.807, 2.05) is 11.6 Å². The first kappa shape index (κ1) is 21.4. The first-order valence-electron chi connectivity index (χ1n) is 8.52. The molecule has 1 heterocycles. The van der Waals surface area contributed by atoms with E-state index in [1.165, 1.54) is 11.1 Å². The van der Waals surface area contributed by atoms with E-state index in [4.69, 9.17) is 0 Å². The van der Waals surface area contributed by atoms with E-state index >= 15 is 0 Å². The van der Waals surface area contributed by atoms with Crippen molar-refractivity contribution < 1.29 is 0 Å². The molecule has 0 saturated heterocycles. The highest BCUT2D eigenvalue weighted by Gasteiger charge is 2.06. The van der Waals surface area contributed by atoms with Crippen molar-refractivity contribution in [3.05, 3.63) is 48.0 Å². The molecule has 1 atom stereocenters. The zero-order valence-electron chi connectivity index (χ0n) is 15.3. The normalized spacial score (nSPS) is 12.4. The topological polar surface area (TPSA) is 67.1 Å². The van der Waals surface area contributed by atoms with Crippen LogP contribution < -0.4 is 10.6 Å². The van der Waals surface area contributed by atoms with Gasteiger partial charge in [0, 0.05) is 26.7 Å². The molecule has 0 saturated carbocycles. The van der Waals surface area contributed by atoms with Gasteiger partial charge in [0.2, 0.25) is 0 Å². The van der Waals surface area contributed by atoms with E-state index < -0.39 is 0 Å². The Labute approximate surface area is 167 Å². The summed E-state index contributed by atoms with van der Waals surface area (Å²) in [6.07, 6.45) is 5.66. The van der Waals surface area contributed by atoms with Crippen molar-refractivity contribution >= 4 is 29.9 Å². The molecule has 7 heteroatoms. The minimum Gasteiger partial charge on any atom is -0.356 e. The van der Waals surface area contributed by atoms with Crippen molar-refractivity contribution in [3.8, 4) is 0 Å². The number of benzene rings is 1. The van der Waals surface area contributed by atoms with Crippen molar-refractivity contribution in [1.82, 2.24) is 25.4 Å². The lowest BCUT2D eigenvalue weighted by Crippen LogP contribution is -2.39. The van der Waals surface area contributed by atoms with Crippen LogP contribution in [0.4, 0.5) is 0 Å². The average Bonchev–Trinajstić information content (AvgIpc) is 3.10. The molecule has 0 aliphatic heterocycles. The van der Waals surface area contributed by atoms with Crippen LogP contribution in [0.3, 0.4) is 0 Å². The summed E-state index contributed by atoms with van der Waals surface area (Å²) in [5.74, 6) is 1.30. The van der Waals surface area contributed by atoms with Crippen LogP contribution in [0.5, 0.6) is 0 Å². The van der Waals surface area contributed by atoms with Gasteiger partial charge in [-0.05, 0) is 31.2 Å². The molecule has 0 spiro atoms. The summed E-state index contributed by atoms with van der Waals surface area (Å²) in [5, 5.41) is 14.4. The minimum atomic E-state index is 0. The number of unbranched alkanes of at least 4 members (excludes halogenated alkanes) is 1. The van der Waals surface area contributed by atoms with Gasteiger partial charge in [0.05, 0.1) is 0 Å². The first-order valence-corrected chi connectivity index (χ1v) is 8.52. The molecule has 0 aliphatic rings. The number of guanidine groups is 1. The molecule has 0 bridgehead atoms. The fourth-order valence-corrected chi connectivity index (χ4v) is 2.53. The van der Waals surface area contributed by atoms with Gasteiger partial charge in [-0.25, -0.2) is 0 Å². The number of aliphatic imine (C=N–C) groups is 1. The lowest BCUT2D eigenvalue weighted by molar-refractivity contribution is 0.596. The van der Waals surface area contributed by atoms with Crippen molar-refractivity contribution in [2.75, 3.05) is 20.1 Å². The second-order valence-electron chi connectivity index (χ2n) is 6.10. The van der Waals surface area contributed by atoms with E-state index in [9.17, 15) is 0 Å². The van der Waals surface area contributed by atoms with Gasteiger partial charge in [-0.2, -0.15) is 0 Å². The smallest absolute Gasteiger partial charge is 0.190 e. The van der Waals surface area contributed by atoms with Gasteiger partial charge < -0.3 is 15.2 Å². The Bertz CT molecular complexity index is 626. The Balaban J connectivity index is 0.00000312. The predicted octanol–water partition coefficient (Wildman–Crippen LogP) is 2.95. The quantitative estimate of drug-likeness (QED) is 0.278. The molecule has 0 aliphatic carbocycles. The van der Waals surface area contributed by atoms with Crippen LogP contribution in [-0.4, -0.2) is 40.9 Å². The number of aromatic nitrogens is 3. The monoisotopic (exact) mass is 456 g/mol. The summed E-state index contributed by atoms with van der Waals surface area (Å²) in [7, 11) is 1.81. The molecule has 2 aromatic rings. The first-order chi connectivity index (χ1) is 11.7. The summed E-state index contributed by atoms with van der Waals surface area (Å²) in [6, 6.07) is 8.67. The summed E-state index contributed by atoms with van der Waals surface area (Å²) in [4.78, 5) is 4.29. The number of hydrogen-bond donors (Lipinski definition) is 2. The van der Waals surface area contributed by atoms with Gasteiger partial charge in [-0.1, -0.05) is 36.8 Å². The van der Waals surface area contributed by atoms with Crippen LogP contribution in [0.1, 0.15) is 36.8 Å². The Morgan fingerprint density at radius 2 is 1.96 bits per heavy atom. The maximum Gasteiger partial charge on any atom is 0.190 e. The molecule has 2 N–H and O–H groups in total. The molecule has 25 heavy (non-hydrogen) atoms. The standard InChI is InChI=1S/C18H28N6.HI/c1-15-7-6-8-17(11-15)16(2)12-21-18(19-3)20-9-4-5-10-24-13-22-23-14-24;/h6-8,11,13-14,16H,4-5,9-10,12H2,1-3H3,(H2,19,20,21);1H.